The summed E-state index contributed by atoms with van der Waals surface area (Å²) in [7, 11) is 1.79. The third kappa shape index (κ3) is 6.10. The molecule has 27 heavy (non-hydrogen) atoms. The van der Waals surface area contributed by atoms with Gasteiger partial charge in [-0.25, -0.2) is 4.99 Å². The van der Waals surface area contributed by atoms with Crippen LogP contribution in [0.15, 0.2) is 35.3 Å². The van der Waals surface area contributed by atoms with Crippen molar-refractivity contribution in [1.82, 2.24) is 15.6 Å². The Hall–Kier alpha value is -1.28. The molecule has 1 aromatic heterocycles. The predicted molar refractivity (Wildman–Crippen MR) is 124 cm³/mol. The van der Waals surface area contributed by atoms with Gasteiger partial charge in [-0.2, -0.15) is 0 Å². The van der Waals surface area contributed by atoms with Gasteiger partial charge in [0.25, 0.3) is 0 Å². The molecule has 2 aromatic rings. The zero-order valence-corrected chi connectivity index (χ0v) is 18.8. The Kier molecular flexibility index (Phi) is 8.89. The SMILES string of the molecule is CCNC(=NCc1cc2ccccc2[nH]1)NCC1(CCOC)CCCC1.I. The molecule has 0 aliphatic heterocycles. The summed E-state index contributed by atoms with van der Waals surface area (Å²) >= 11 is 0. The number of nitrogens with zero attached hydrogens (tertiary/aromatic N) is 1. The molecule has 0 spiro atoms. The number of aromatic nitrogens is 1. The maximum atomic E-state index is 5.34. The van der Waals surface area contributed by atoms with Crippen molar-refractivity contribution in [2.75, 3.05) is 26.8 Å². The Bertz CT molecular complexity index is 689. The summed E-state index contributed by atoms with van der Waals surface area (Å²) in [6.07, 6.45) is 6.34. The summed E-state index contributed by atoms with van der Waals surface area (Å²) in [5.41, 5.74) is 2.66. The van der Waals surface area contributed by atoms with Gasteiger partial charge in [0.2, 0.25) is 0 Å². The lowest BCUT2D eigenvalue weighted by atomic mass is 9.83. The number of H-pyrrole nitrogens is 1. The predicted octanol–water partition coefficient (Wildman–Crippen LogP) is 4.44. The van der Waals surface area contributed by atoms with Crippen LogP contribution >= 0.6 is 24.0 Å². The lowest BCUT2D eigenvalue weighted by Gasteiger charge is -2.30. The molecule has 0 atom stereocenters. The maximum absolute atomic E-state index is 5.34. The van der Waals surface area contributed by atoms with E-state index < -0.39 is 0 Å². The Labute approximate surface area is 179 Å². The molecule has 1 heterocycles. The third-order valence-corrected chi connectivity index (χ3v) is 5.47. The number of methoxy groups -OCH3 is 1. The van der Waals surface area contributed by atoms with Gasteiger partial charge in [0.1, 0.15) is 0 Å². The third-order valence-electron chi connectivity index (χ3n) is 5.47. The van der Waals surface area contributed by atoms with Gasteiger partial charge in [0.15, 0.2) is 5.96 Å². The average molecular weight is 484 g/mol. The van der Waals surface area contributed by atoms with E-state index in [0.717, 1.165) is 37.8 Å². The molecule has 1 fully saturated rings. The molecule has 3 rings (SSSR count). The summed E-state index contributed by atoms with van der Waals surface area (Å²) < 4.78 is 5.34. The van der Waals surface area contributed by atoms with Crippen molar-refractivity contribution in [3.8, 4) is 0 Å². The van der Waals surface area contributed by atoms with Crippen LogP contribution < -0.4 is 10.6 Å². The Morgan fingerprint density at radius 2 is 2.00 bits per heavy atom. The molecule has 0 amide bonds. The first-order valence-corrected chi connectivity index (χ1v) is 9.82. The number of halogens is 1. The van der Waals surface area contributed by atoms with Gasteiger partial charge in [-0.05, 0) is 49.1 Å². The highest BCUT2D eigenvalue weighted by atomic mass is 127. The van der Waals surface area contributed by atoms with Gasteiger partial charge in [0.05, 0.1) is 6.54 Å². The minimum absolute atomic E-state index is 0. The fourth-order valence-electron chi connectivity index (χ4n) is 3.95. The van der Waals surface area contributed by atoms with E-state index in [4.69, 9.17) is 9.73 Å². The van der Waals surface area contributed by atoms with Crippen LogP contribution in [-0.2, 0) is 11.3 Å². The minimum atomic E-state index is 0. The van der Waals surface area contributed by atoms with E-state index in [1.54, 1.807) is 7.11 Å². The fraction of sp³-hybridized carbons (Fsp3) is 0.571. The summed E-state index contributed by atoms with van der Waals surface area (Å²) in [6, 6.07) is 10.5. The molecule has 0 unspecified atom stereocenters. The summed E-state index contributed by atoms with van der Waals surface area (Å²) in [4.78, 5) is 8.23. The number of guanidine groups is 1. The van der Waals surface area contributed by atoms with Crippen LogP contribution in [0, 0.1) is 5.41 Å². The van der Waals surface area contributed by atoms with Crippen LogP contribution in [0.2, 0.25) is 0 Å². The number of aromatic amines is 1. The van der Waals surface area contributed by atoms with E-state index >= 15 is 0 Å². The first-order chi connectivity index (χ1) is 12.7. The molecular formula is C21H33IN4O. The van der Waals surface area contributed by atoms with Gasteiger partial charge < -0.3 is 20.4 Å². The molecule has 150 valence electrons. The van der Waals surface area contributed by atoms with Crippen molar-refractivity contribution in [2.24, 2.45) is 10.4 Å². The number of benzene rings is 1. The lowest BCUT2D eigenvalue weighted by molar-refractivity contribution is 0.138. The molecule has 0 radical (unpaired) electrons. The molecular weight excluding hydrogens is 451 g/mol. The largest absolute Gasteiger partial charge is 0.385 e. The van der Waals surface area contributed by atoms with E-state index in [9.17, 15) is 0 Å². The van der Waals surface area contributed by atoms with Gasteiger partial charge in [-0.15, -0.1) is 24.0 Å². The number of hydrogen-bond donors (Lipinski definition) is 3. The number of hydrogen-bond acceptors (Lipinski definition) is 2. The standard InChI is InChI=1S/C21H32N4O.HI/c1-3-22-20(24-16-21(12-13-26-2)10-6-7-11-21)23-15-18-14-17-8-4-5-9-19(17)25-18;/h4-5,8-9,14,25H,3,6-7,10-13,15-16H2,1-2H3,(H2,22,23,24);1H. The maximum Gasteiger partial charge on any atom is 0.191 e. The molecule has 5 nitrogen and oxygen atoms in total. The second-order valence-electron chi connectivity index (χ2n) is 7.38. The average Bonchev–Trinajstić information content (AvgIpc) is 3.29. The molecule has 0 saturated heterocycles. The smallest absolute Gasteiger partial charge is 0.191 e. The van der Waals surface area contributed by atoms with Crippen molar-refractivity contribution in [1.29, 1.82) is 0 Å². The van der Waals surface area contributed by atoms with E-state index in [-0.39, 0.29) is 24.0 Å². The molecule has 6 heteroatoms. The fourth-order valence-corrected chi connectivity index (χ4v) is 3.95. The minimum Gasteiger partial charge on any atom is -0.385 e. The van der Waals surface area contributed by atoms with Crippen LogP contribution in [0.4, 0.5) is 0 Å². The van der Waals surface area contributed by atoms with Crippen LogP contribution in [0.25, 0.3) is 10.9 Å². The topological polar surface area (TPSA) is 61.4 Å². The van der Waals surface area contributed by atoms with E-state index in [1.807, 2.05) is 0 Å². The highest BCUT2D eigenvalue weighted by Gasteiger charge is 2.33. The Morgan fingerprint density at radius 3 is 2.70 bits per heavy atom. The zero-order valence-electron chi connectivity index (χ0n) is 16.5. The van der Waals surface area contributed by atoms with Crippen molar-refractivity contribution < 1.29 is 4.74 Å². The summed E-state index contributed by atoms with van der Waals surface area (Å²) in [6.45, 7) is 5.43. The summed E-state index contributed by atoms with van der Waals surface area (Å²) in [5.74, 6) is 0.898. The molecule has 1 aliphatic rings. The highest BCUT2D eigenvalue weighted by Crippen LogP contribution is 2.40. The van der Waals surface area contributed by atoms with Crippen LogP contribution in [-0.4, -0.2) is 37.7 Å². The Balaban J connectivity index is 0.00000261. The van der Waals surface area contributed by atoms with Crippen molar-refractivity contribution in [3.05, 3.63) is 36.0 Å². The van der Waals surface area contributed by atoms with Gasteiger partial charge in [-0.1, -0.05) is 31.0 Å². The van der Waals surface area contributed by atoms with Gasteiger partial charge >= 0.3 is 0 Å². The first-order valence-electron chi connectivity index (χ1n) is 9.82. The normalized spacial score (nSPS) is 16.3. The second kappa shape index (κ2) is 10.9. The lowest BCUT2D eigenvalue weighted by Crippen LogP contribution is -2.43. The number of fused-ring (bicyclic) bond motifs is 1. The van der Waals surface area contributed by atoms with Crippen molar-refractivity contribution in [3.63, 3.8) is 0 Å². The van der Waals surface area contributed by atoms with Crippen molar-refractivity contribution >= 4 is 40.8 Å². The van der Waals surface area contributed by atoms with E-state index in [1.165, 1.54) is 36.6 Å². The van der Waals surface area contributed by atoms with Crippen LogP contribution in [0.1, 0.15) is 44.7 Å². The number of ether oxygens (including phenoxy) is 1. The van der Waals surface area contributed by atoms with Crippen LogP contribution in [0.5, 0.6) is 0 Å². The quantitative estimate of drug-likeness (QED) is 0.295. The second-order valence-corrected chi connectivity index (χ2v) is 7.38. The van der Waals surface area contributed by atoms with Gasteiger partial charge in [-0.3, -0.25) is 0 Å². The molecule has 0 bridgehead atoms. The number of rotatable bonds is 8. The summed E-state index contributed by atoms with van der Waals surface area (Å²) in [5, 5.41) is 8.20. The van der Waals surface area contributed by atoms with Gasteiger partial charge in [0, 0.05) is 38.0 Å². The number of nitrogens with one attached hydrogen (secondary N) is 3. The molecule has 1 saturated carbocycles. The van der Waals surface area contributed by atoms with E-state index in [0.29, 0.717) is 12.0 Å². The highest BCUT2D eigenvalue weighted by molar-refractivity contribution is 14.0. The van der Waals surface area contributed by atoms with Crippen LogP contribution in [0.3, 0.4) is 0 Å². The molecule has 1 aromatic carbocycles. The number of para-hydroxylation sites is 1. The monoisotopic (exact) mass is 484 g/mol. The molecule has 3 N–H and O–H groups in total. The first kappa shape index (κ1) is 22.0. The number of aliphatic imine (C=N–C) groups is 1. The zero-order chi connectivity index (χ0) is 18.2. The van der Waals surface area contributed by atoms with E-state index in [2.05, 4.69) is 52.9 Å². The Morgan fingerprint density at radius 1 is 1.22 bits per heavy atom. The molecule has 1 aliphatic carbocycles. The van der Waals surface area contributed by atoms with Crippen molar-refractivity contribution in [2.45, 2.75) is 45.6 Å².